The van der Waals surface area contributed by atoms with Gasteiger partial charge in [-0.15, -0.1) is 10.3 Å². The van der Waals surface area contributed by atoms with Gasteiger partial charge in [0.15, 0.2) is 0 Å². The topological polar surface area (TPSA) is 76.5 Å². The Morgan fingerprint density at radius 1 is 1.14 bits per heavy atom. The largest absolute Gasteiger partial charge is 0.494 e. The molecule has 1 radical (unpaired) electrons. The van der Waals surface area contributed by atoms with E-state index < -0.39 is 24.9 Å². The van der Waals surface area contributed by atoms with E-state index in [2.05, 4.69) is 4.98 Å². The van der Waals surface area contributed by atoms with E-state index in [9.17, 15) is 9.77 Å². The van der Waals surface area contributed by atoms with Crippen LogP contribution in [0.15, 0.2) is 36.5 Å². The number of rotatable bonds is 6. The number of hydroxylamine groups is 2. The van der Waals surface area contributed by atoms with Gasteiger partial charge >= 0.3 is 7.75 Å². The minimum atomic E-state index is -3.79. The van der Waals surface area contributed by atoms with E-state index in [0.29, 0.717) is 30.8 Å². The Bertz CT molecular complexity index is 877. The summed E-state index contributed by atoms with van der Waals surface area (Å²) in [6.45, 7) is 11.4. The van der Waals surface area contributed by atoms with Gasteiger partial charge in [-0.3, -0.25) is 4.52 Å². The Kier molecular flexibility index (Phi) is 5.98. The number of aromatic nitrogens is 2. The van der Waals surface area contributed by atoms with Gasteiger partial charge in [0.1, 0.15) is 11.6 Å². The van der Waals surface area contributed by atoms with Crippen molar-refractivity contribution >= 4 is 7.75 Å². The van der Waals surface area contributed by atoms with Crippen LogP contribution in [0.5, 0.6) is 5.75 Å². The molecule has 0 saturated carbocycles. The molecule has 1 atom stereocenters. The Balaban J connectivity index is 1.99. The van der Waals surface area contributed by atoms with Crippen LogP contribution in [-0.4, -0.2) is 31.6 Å². The summed E-state index contributed by atoms with van der Waals surface area (Å²) < 4.78 is 27.9. The van der Waals surface area contributed by atoms with Crippen molar-refractivity contribution in [2.24, 2.45) is 0 Å². The van der Waals surface area contributed by atoms with Crippen LogP contribution >= 0.6 is 7.75 Å². The summed E-state index contributed by atoms with van der Waals surface area (Å²) in [5, 5.41) is 13.8. The molecule has 1 fully saturated rings. The number of imidazole rings is 1. The molecular weight excluding hydrogens is 389 g/mol. The molecule has 1 aliphatic heterocycles. The third-order valence-electron chi connectivity index (χ3n) is 5.26. The van der Waals surface area contributed by atoms with Gasteiger partial charge in [0.2, 0.25) is 0 Å². The van der Waals surface area contributed by atoms with Crippen LogP contribution < -0.4 is 4.52 Å². The molecular formula is C21H31N3O4P. The minimum Gasteiger partial charge on any atom is -0.409 e. The number of nitrogens with zero attached hydrogens (tertiary/aromatic N) is 3. The molecule has 8 heteroatoms. The molecule has 7 nitrogen and oxygen atoms in total. The number of hydrogen-bond donors (Lipinski definition) is 0. The zero-order valence-electron chi connectivity index (χ0n) is 18.1. The number of aryl methyl sites for hydroxylation is 2. The first kappa shape index (κ1) is 22.0. The van der Waals surface area contributed by atoms with Crippen LogP contribution in [0.3, 0.4) is 0 Å². The van der Waals surface area contributed by atoms with E-state index in [1.807, 2.05) is 59.7 Å². The molecule has 1 aliphatic rings. The molecule has 1 unspecified atom stereocenters. The number of piperidine rings is 1. The second kappa shape index (κ2) is 7.88. The number of hydrogen-bond acceptors (Lipinski definition) is 5. The molecule has 1 aromatic heterocycles. The quantitative estimate of drug-likeness (QED) is 0.603. The molecule has 2 aromatic rings. The monoisotopic (exact) mass is 420 g/mol. The van der Waals surface area contributed by atoms with Gasteiger partial charge in [0.25, 0.3) is 0 Å². The third-order valence-corrected chi connectivity index (χ3v) is 7.14. The predicted molar refractivity (Wildman–Crippen MR) is 111 cm³/mol. The predicted octanol–water partition coefficient (Wildman–Crippen LogP) is 5.17. The van der Waals surface area contributed by atoms with Crippen molar-refractivity contribution in [3.05, 3.63) is 48.0 Å². The Hall–Kier alpha value is -1.66. The van der Waals surface area contributed by atoms with Gasteiger partial charge in [-0.25, -0.2) is 13.9 Å². The second-order valence-corrected chi connectivity index (χ2v) is 10.7. The third kappa shape index (κ3) is 4.58. The van der Waals surface area contributed by atoms with Crippen LogP contribution in [-0.2, 0) is 20.7 Å². The first-order valence-electron chi connectivity index (χ1n) is 10.0. The summed E-state index contributed by atoms with van der Waals surface area (Å²) in [5.41, 5.74) is -0.525. The molecule has 159 valence electrons. The summed E-state index contributed by atoms with van der Waals surface area (Å²) in [6, 6.07) is 9.01. The lowest BCUT2D eigenvalue weighted by atomic mass is 9.80. The van der Waals surface area contributed by atoms with Crippen molar-refractivity contribution in [1.29, 1.82) is 0 Å². The molecule has 1 saturated heterocycles. The van der Waals surface area contributed by atoms with Gasteiger partial charge < -0.3 is 4.52 Å². The number of para-hydroxylation sites is 1. The fourth-order valence-electron chi connectivity index (χ4n) is 4.15. The van der Waals surface area contributed by atoms with Crippen LogP contribution in [0.1, 0.15) is 59.0 Å². The van der Waals surface area contributed by atoms with Crippen molar-refractivity contribution in [3.63, 3.8) is 0 Å². The van der Waals surface area contributed by atoms with Crippen molar-refractivity contribution in [3.8, 4) is 5.75 Å². The lowest BCUT2D eigenvalue weighted by molar-refractivity contribution is -0.297. The highest BCUT2D eigenvalue weighted by Gasteiger charge is 2.49. The summed E-state index contributed by atoms with van der Waals surface area (Å²) in [5.74, 6) is 1.10. The van der Waals surface area contributed by atoms with Crippen LogP contribution in [0.4, 0.5) is 0 Å². The highest BCUT2D eigenvalue weighted by Crippen LogP contribution is 2.54. The summed E-state index contributed by atoms with van der Waals surface area (Å²) in [7, 11) is -3.79. The second-order valence-electron chi connectivity index (χ2n) is 8.92. The fraction of sp³-hybridized carbons (Fsp3) is 0.571. The van der Waals surface area contributed by atoms with E-state index in [1.54, 1.807) is 22.7 Å². The maximum Gasteiger partial charge on any atom is 0.494 e. The first-order valence-corrected chi connectivity index (χ1v) is 11.5. The molecule has 2 heterocycles. The molecule has 0 aliphatic carbocycles. The zero-order valence-corrected chi connectivity index (χ0v) is 19.0. The standard InChI is InChI=1S/C21H31N3O4P/c1-7-19-22-16(2)15-23(19)29(26,27-17-11-9-8-10-12-17)28-18-13-20(3,4)24(25)21(5,6)14-18/h8-12,15,18H,7,13-14H2,1-6H3. The lowest BCUT2D eigenvalue weighted by Gasteiger charge is -2.49. The maximum absolute atomic E-state index is 14.1. The van der Waals surface area contributed by atoms with Crippen molar-refractivity contribution < 1.29 is 18.8 Å². The summed E-state index contributed by atoms with van der Waals surface area (Å²) in [6.07, 6.45) is 2.82. The summed E-state index contributed by atoms with van der Waals surface area (Å²) in [4.78, 5) is 4.47. The summed E-state index contributed by atoms with van der Waals surface area (Å²) >= 11 is 0. The average Bonchev–Trinajstić information content (AvgIpc) is 3.02. The Morgan fingerprint density at radius 2 is 1.72 bits per heavy atom. The van der Waals surface area contributed by atoms with E-state index in [4.69, 9.17) is 9.05 Å². The molecule has 29 heavy (non-hydrogen) atoms. The smallest absolute Gasteiger partial charge is 0.409 e. The van der Waals surface area contributed by atoms with E-state index in [-0.39, 0.29) is 0 Å². The minimum absolute atomic E-state index is 0.396. The normalized spacial score (nSPS) is 21.6. The molecule has 0 bridgehead atoms. The van der Waals surface area contributed by atoms with Gasteiger partial charge in [0, 0.05) is 23.7 Å². The average molecular weight is 420 g/mol. The Labute approximate surface area is 173 Å². The molecule has 0 spiro atoms. The van der Waals surface area contributed by atoms with E-state index >= 15 is 0 Å². The fourth-order valence-corrected chi connectivity index (χ4v) is 6.08. The van der Waals surface area contributed by atoms with E-state index in [1.165, 1.54) is 0 Å². The highest BCUT2D eigenvalue weighted by atomic mass is 31.2. The van der Waals surface area contributed by atoms with Crippen LogP contribution in [0, 0.1) is 6.92 Å². The van der Waals surface area contributed by atoms with Crippen LogP contribution in [0.2, 0.25) is 0 Å². The molecule has 3 rings (SSSR count). The van der Waals surface area contributed by atoms with Crippen molar-refractivity contribution in [2.75, 3.05) is 0 Å². The van der Waals surface area contributed by atoms with Crippen molar-refractivity contribution in [2.45, 2.75) is 78.0 Å². The van der Waals surface area contributed by atoms with Gasteiger partial charge in [-0.1, -0.05) is 25.1 Å². The molecule has 1 aromatic carbocycles. The maximum atomic E-state index is 14.1. The SMILES string of the molecule is CCc1nc(C)cn1P(=O)(Oc1ccccc1)OC1CC(C)(C)N([O])C(C)(C)C1. The zero-order chi connectivity index (χ0) is 21.4. The highest BCUT2D eigenvalue weighted by molar-refractivity contribution is 7.52. The molecule has 0 amide bonds. The van der Waals surface area contributed by atoms with Crippen LogP contribution in [0.25, 0.3) is 0 Å². The Morgan fingerprint density at radius 3 is 2.28 bits per heavy atom. The van der Waals surface area contributed by atoms with Gasteiger partial charge in [0.05, 0.1) is 11.8 Å². The first-order chi connectivity index (χ1) is 13.5. The van der Waals surface area contributed by atoms with Gasteiger partial charge in [-0.05, 0) is 59.6 Å². The van der Waals surface area contributed by atoms with E-state index in [0.717, 1.165) is 10.8 Å². The lowest BCUT2D eigenvalue weighted by Crippen LogP contribution is -2.59. The number of benzene rings is 1. The molecule has 0 N–H and O–H groups in total. The van der Waals surface area contributed by atoms with Crippen molar-refractivity contribution in [1.82, 2.24) is 14.4 Å². The van der Waals surface area contributed by atoms with Gasteiger partial charge in [-0.2, -0.15) is 0 Å².